The zero-order chi connectivity index (χ0) is 7.40. The van der Waals surface area contributed by atoms with Gasteiger partial charge in [-0.1, -0.05) is 0 Å². The Morgan fingerprint density at radius 3 is 2.80 bits per heavy atom. The van der Waals surface area contributed by atoms with E-state index >= 15 is 0 Å². The lowest BCUT2D eigenvalue weighted by molar-refractivity contribution is 0.412. The van der Waals surface area contributed by atoms with Crippen molar-refractivity contribution in [1.82, 2.24) is 4.98 Å². The van der Waals surface area contributed by atoms with Gasteiger partial charge < -0.3 is 4.74 Å². The molecule has 1 aromatic heterocycles. The number of aromatic nitrogens is 1. The fourth-order valence-corrected chi connectivity index (χ4v) is 0.741. The molecule has 0 spiro atoms. The molecule has 1 heterocycles. The molecule has 1 aromatic rings. The molecule has 0 aromatic carbocycles. The number of nitrogens with zero attached hydrogens (tertiary/aromatic N) is 1. The van der Waals surface area contributed by atoms with Crippen molar-refractivity contribution in [2.75, 3.05) is 7.11 Å². The maximum atomic E-state index is 4.95. The highest BCUT2D eigenvalue weighted by atomic mass is 16.5. The summed E-state index contributed by atoms with van der Waals surface area (Å²) in [4.78, 5) is 4.14. The van der Waals surface area contributed by atoms with Crippen molar-refractivity contribution in [3.8, 4) is 5.75 Å². The summed E-state index contributed by atoms with van der Waals surface area (Å²) in [6, 6.07) is 3.89. The Labute approximate surface area is 61.6 Å². The zero-order valence-corrected chi connectivity index (χ0v) is 6.29. The molecule has 0 atom stereocenters. The molecular weight excluding hydrogens is 125 g/mol. The lowest BCUT2D eigenvalue weighted by Crippen LogP contribution is -1.89. The fourth-order valence-electron chi connectivity index (χ4n) is 0.741. The highest BCUT2D eigenvalue weighted by Gasteiger charge is 1.90. The highest BCUT2D eigenvalue weighted by Crippen LogP contribution is 2.06. The molecule has 3 heteroatoms. The van der Waals surface area contributed by atoms with Crippen molar-refractivity contribution in [3.63, 3.8) is 0 Å². The van der Waals surface area contributed by atoms with Gasteiger partial charge in [-0.05, 0) is 18.5 Å². The average Bonchev–Trinajstić information content (AvgIpc) is 2.05. The van der Waals surface area contributed by atoms with Crippen LogP contribution in [0.3, 0.4) is 0 Å². The largest absolute Gasteiger partial charge is 0.495 e. The summed E-state index contributed by atoms with van der Waals surface area (Å²) in [5.41, 5.74) is 1.10. The van der Waals surface area contributed by atoms with E-state index in [-0.39, 0.29) is 0 Å². The van der Waals surface area contributed by atoms with Crippen LogP contribution in [0.4, 0.5) is 0 Å². The second-order valence-electron chi connectivity index (χ2n) is 2.04. The highest BCUT2D eigenvalue weighted by molar-refractivity contribution is 6.08. The average molecular weight is 135 g/mol. The van der Waals surface area contributed by atoms with Gasteiger partial charge in [0.1, 0.15) is 13.6 Å². The van der Waals surface area contributed by atoms with Gasteiger partial charge in [-0.15, -0.1) is 0 Å². The molecule has 0 N–H and O–H groups in total. The van der Waals surface area contributed by atoms with Gasteiger partial charge in [0.2, 0.25) is 0 Å². The van der Waals surface area contributed by atoms with Crippen molar-refractivity contribution >= 4 is 7.85 Å². The summed E-state index contributed by atoms with van der Waals surface area (Å²) in [6.45, 7) is 0. The molecule has 1 rings (SSSR count). The standard InChI is InChI=1S/C7H10BNO/c1-10-7-3-2-6(4-8)9-5-7/h2-3,5H,4,8H2,1H3. The van der Waals surface area contributed by atoms with E-state index in [0.29, 0.717) is 0 Å². The third kappa shape index (κ3) is 1.50. The predicted molar refractivity (Wildman–Crippen MR) is 43.0 cm³/mol. The molecule has 0 aliphatic heterocycles. The summed E-state index contributed by atoms with van der Waals surface area (Å²) in [6.07, 6.45) is 2.71. The number of hydrogen-bond acceptors (Lipinski definition) is 2. The molecule has 0 aliphatic rings. The summed E-state index contributed by atoms with van der Waals surface area (Å²) < 4.78 is 4.95. The Bertz CT molecular complexity index is 174. The summed E-state index contributed by atoms with van der Waals surface area (Å²) in [5, 5.41) is 0. The summed E-state index contributed by atoms with van der Waals surface area (Å²) in [5.74, 6) is 0.817. The van der Waals surface area contributed by atoms with E-state index in [1.165, 1.54) is 0 Å². The maximum Gasteiger partial charge on any atom is 0.137 e. The van der Waals surface area contributed by atoms with E-state index < -0.39 is 0 Å². The minimum absolute atomic E-state index is 0.817. The van der Waals surface area contributed by atoms with Gasteiger partial charge in [0, 0.05) is 5.69 Å². The van der Waals surface area contributed by atoms with Crippen molar-refractivity contribution in [1.29, 1.82) is 0 Å². The van der Waals surface area contributed by atoms with Gasteiger partial charge in [0.25, 0.3) is 0 Å². The molecule has 2 nitrogen and oxygen atoms in total. The molecule has 52 valence electrons. The predicted octanol–water partition coefficient (Wildman–Crippen LogP) is 0.223. The van der Waals surface area contributed by atoms with Gasteiger partial charge in [-0.3, -0.25) is 4.98 Å². The molecule has 0 fully saturated rings. The quantitative estimate of drug-likeness (QED) is 0.541. The number of pyridine rings is 1. The second-order valence-corrected chi connectivity index (χ2v) is 2.04. The Kier molecular flexibility index (Phi) is 2.32. The van der Waals surface area contributed by atoms with Crippen LogP contribution in [0.25, 0.3) is 0 Å². The number of ether oxygens (including phenoxy) is 1. The summed E-state index contributed by atoms with van der Waals surface area (Å²) in [7, 11) is 3.72. The monoisotopic (exact) mass is 135 g/mol. The third-order valence-electron chi connectivity index (χ3n) is 1.40. The molecule has 0 radical (unpaired) electrons. The van der Waals surface area contributed by atoms with Crippen LogP contribution in [-0.4, -0.2) is 19.9 Å². The summed E-state index contributed by atoms with van der Waals surface area (Å²) >= 11 is 0. The van der Waals surface area contributed by atoms with Crippen LogP contribution in [0, 0.1) is 0 Å². The third-order valence-corrected chi connectivity index (χ3v) is 1.40. The van der Waals surface area contributed by atoms with Gasteiger partial charge in [-0.2, -0.15) is 0 Å². The Balaban J connectivity index is 2.80. The van der Waals surface area contributed by atoms with E-state index in [9.17, 15) is 0 Å². The van der Waals surface area contributed by atoms with Gasteiger partial charge in [0.15, 0.2) is 0 Å². The topological polar surface area (TPSA) is 22.1 Å². The SMILES string of the molecule is BCc1ccc(OC)cn1. The van der Waals surface area contributed by atoms with Crippen LogP contribution in [-0.2, 0) is 6.32 Å². The number of methoxy groups -OCH3 is 1. The van der Waals surface area contributed by atoms with Crippen LogP contribution in [0.5, 0.6) is 5.75 Å². The molecular formula is C7H10BNO. The van der Waals surface area contributed by atoms with Crippen LogP contribution >= 0.6 is 0 Å². The van der Waals surface area contributed by atoms with Gasteiger partial charge >= 0.3 is 0 Å². The molecule has 10 heavy (non-hydrogen) atoms. The van der Waals surface area contributed by atoms with Crippen molar-refractivity contribution in [2.24, 2.45) is 0 Å². The first kappa shape index (κ1) is 7.13. The van der Waals surface area contributed by atoms with Crippen molar-refractivity contribution in [3.05, 3.63) is 24.0 Å². The molecule has 0 saturated carbocycles. The van der Waals surface area contributed by atoms with Crippen LogP contribution in [0.2, 0.25) is 0 Å². The minimum Gasteiger partial charge on any atom is -0.495 e. The van der Waals surface area contributed by atoms with Crippen LogP contribution < -0.4 is 4.74 Å². The molecule has 0 bridgehead atoms. The fraction of sp³-hybridized carbons (Fsp3) is 0.286. The molecule has 0 unspecified atom stereocenters. The minimum atomic E-state index is 0.817. The van der Waals surface area contributed by atoms with E-state index in [0.717, 1.165) is 17.8 Å². The van der Waals surface area contributed by atoms with E-state index in [4.69, 9.17) is 4.74 Å². The number of hydrogen-bond donors (Lipinski definition) is 0. The molecule has 0 saturated heterocycles. The lowest BCUT2D eigenvalue weighted by atomic mass is 10.0. The molecule has 0 amide bonds. The first-order valence-corrected chi connectivity index (χ1v) is 3.35. The van der Waals surface area contributed by atoms with E-state index in [1.54, 1.807) is 13.3 Å². The van der Waals surface area contributed by atoms with Crippen LogP contribution in [0.15, 0.2) is 18.3 Å². The second kappa shape index (κ2) is 3.25. The van der Waals surface area contributed by atoms with Crippen molar-refractivity contribution < 1.29 is 4.74 Å². The van der Waals surface area contributed by atoms with E-state index in [2.05, 4.69) is 12.8 Å². The van der Waals surface area contributed by atoms with Gasteiger partial charge in [0.05, 0.1) is 13.3 Å². The Morgan fingerprint density at radius 2 is 2.40 bits per heavy atom. The zero-order valence-electron chi connectivity index (χ0n) is 6.29. The van der Waals surface area contributed by atoms with Crippen LogP contribution in [0.1, 0.15) is 5.69 Å². The van der Waals surface area contributed by atoms with Gasteiger partial charge in [-0.25, -0.2) is 0 Å². The van der Waals surface area contributed by atoms with Crippen molar-refractivity contribution in [2.45, 2.75) is 6.32 Å². The number of rotatable bonds is 2. The first-order valence-electron chi connectivity index (χ1n) is 3.35. The smallest absolute Gasteiger partial charge is 0.137 e. The Hall–Kier alpha value is -0.985. The Morgan fingerprint density at radius 1 is 1.60 bits per heavy atom. The lowest BCUT2D eigenvalue weighted by Gasteiger charge is -1.98. The first-order chi connectivity index (χ1) is 4.86. The normalized spacial score (nSPS) is 9.30. The molecule has 0 aliphatic carbocycles. The maximum absolute atomic E-state index is 4.95. The van der Waals surface area contributed by atoms with E-state index in [1.807, 2.05) is 12.1 Å².